The fraction of sp³-hybridized carbons (Fsp3) is 0.714. The van der Waals surface area contributed by atoms with Crippen molar-refractivity contribution in [2.45, 2.75) is 19.5 Å². The fourth-order valence-electron chi connectivity index (χ4n) is 0.838. The maximum atomic E-state index is 5.44. The van der Waals surface area contributed by atoms with Crippen LogP contribution in [0.1, 0.15) is 12.6 Å². The number of nitrogens with zero attached hydrogens (tertiary/aromatic N) is 3. The third kappa shape index (κ3) is 2.60. The Morgan fingerprint density at radius 2 is 2.50 bits per heavy atom. The minimum atomic E-state index is 0.326. The SMILES string of the molecule is CC(CN)NCc1cn(C)nn1. The van der Waals surface area contributed by atoms with Crippen molar-refractivity contribution in [2.75, 3.05) is 6.54 Å². The normalized spacial score (nSPS) is 13.2. The molecule has 12 heavy (non-hydrogen) atoms. The molecule has 0 bridgehead atoms. The zero-order chi connectivity index (χ0) is 8.97. The van der Waals surface area contributed by atoms with Crippen LogP contribution in [0, 0.1) is 0 Å². The van der Waals surface area contributed by atoms with Crippen molar-refractivity contribution in [3.05, 3.63) is 11.9 Å². The van der Waals surface area contributed by atoms with Crippen LogP contribution in [0.5, 0.6) is 0 Å². The minimum absolute atomic E-state index is 0.326. The van der Waals surface area contributed by atoms with E-state index in [1.54, 1.807) is 4.68 Å². The van der Waals surface area contributed by atoms with Crippen molar-refractivity contribution < 1.29 is 0 Å². The number of nitrogens with one attached hydrogen (secondary N) is 1. The zero-order valence-electron chi connectivity index (χ0n) is 7.49. The molecule has 1 atom stereocenters. The second kappa shape index (κ2) is 4.18. The first-order chi connectivity index (χ1) is 5.72. The van der Waals surface area contributed by atoms with E-state index in [-0.39, 0.29) is 0 Å². The van der Waals surface area contributed by atoms with Crippen LogP contribution < -0.4 is 11.1 Å². The smallest absolute Gasteiger partial charge is 0.0964 e. The molecule has 0 spiro atoms. The van der Waals surface area contributed by atoms with Crippen molar-refractivity contribution in [1.82, 2.24) is 20.3 Å². The minimum Gasteiger partial charge on any atom is -0.329 e. The Balaban J connectivity index is 2.33. The highest BCUT2D eigenvalue weighted by atomic mass is 15.4. The van der Waals surface area contributed by atoms with Gasteiger partial charge in [0.15, 0.2) is 0 Å². The largest absolute Gasteiger partial charge is 0.329 e. The van der Waals surface area contributed by atoms with E-state index in [1.165, 1.54) is 0 Å². The van der Waals surface area contributed by atoms with Gasteiger partial charge in [0.05, 0.1) is 5.69 Å². The van der Waals surface area contributed by atoms with Gasteiger partial charge in [-0.2, -0.15) is 0 Å². The standard InChI is InChI=1S/C7H15N5/c1-6(3-8)9-4-7-5-12(2)11-10-7/h5-6,9H,3-4,8H2,1-2H3. The maximum absolute atomic E-state index is 5.44. The third-order valence-corrected chi connectivity index (χ3v) is 1.64. The topological polar surface area (TPSA) is 68.8 Å². The summed E-state index contributed by atoms with van der Waals surface area (Å²) >= 11 is 0. The summed E-state index contributed by atoms with van der Waals surface area (Å²) < 4.78 is 1.68. The van der Waals surface area contributed by atoms with Gasteiger partial charge in [0, 0.05) is 32.4 Å². The van der Waals surface area contributed by atoms with Gasteiger partial charge in [-0.3, -0.25) is 4.68 Å². The Bertz CT molecular complexity index is 231. The second-order valence-electron chi connectivity index (χ2n) is 2.90. The van der Waals surface area contributed by atoms with Gasteiger partial charge in [-0.25, -0.2) is 0 Å². The number of aryl methyl sites for hydroxylation is 1. The van der Waals surface area contributed by atoms with Gasteiger partial charge in [0.1, 0.15) is 0 Å². The van der Waals surface area contributed by atoms with Crippen LogP contribution in [-0.4, -0.2) is 27.6 Å². The summed E-state index contributed by atoms with van der Waals surface area (Å²) in [6.45, 7) is 3.41. The van der Waals surface area contributed by atoms with Crippen molar-refractivity contribution in [2.24, 2.45) is 12.8 Å². The van der Waals surface area contributed by atoms with Gasteiger partial charge in [-0.05, 0) is 6.92 Å². The van der Waals surface area contributed by atoms with Crippen molar-refractivity contribution >= 4 is 0 Å². The van der Waals surface area contributed by atoms with Gasteiger partial charge in [-0.1, -0.05) is 5.21 Å². The van der Waals surface area contributed by atoms with Crippen LogP contribution in [0.4, 0.5) is 0 Å². The first kappa shape index (κ1) is 9.15. The lowest BCUT2D eigenvalue weighted by molar-refractivity contribution is 0.550. The molecule has 0 fully saturated rings. The fourth-order valence-corrected chi connectivity index (χ4v) is 0.838. The zero-order valence-corrected chi connectivity index (χ0v) is 7.49. The molecule has 0 aromatic carbocycles. The summed E-state index contributed by atoms with van der Waals surface area (Å²) in [6, 6.07) is 0.326. The van der Waals surface area contributed by atoms with Gasteiger partial charge in [0.25, 0.3) is 0 Å². The summed E-state index contributed by atoms with van der Waals surface area (Å²) in [4.78, 5) is 0. The van der Waals surface area contributed by atoms with Gasteiger partial charge >= 0.3 is 0 Å². The highest BCUT2D eigenvalue weighted by Crippen LogP contribution is 1.90. The van der Waals surface area contributed by atoms with Crippen LogP contribution >= 0.6 is 0 Å². The molecule has 0 aliphatic carbocycles. The molecule has 0 saturated carbocycles. The molecule has 68 valence electrons. The Morgan fingerprint density at radius 1 is 1.75 bits per heavy atom. The Kier molecular flexibility index (Phi) is 3.19. The van der Waals surface area contributed by atoms with E-state index in [0.717, 1.165) is 12.2 Å². The molecule has 1 rings (SSSR count). The number of rotatable bonds is 4. The third-order valence-electron chi connectivity index (χ3n) is 1.64. The molecule has 5 heteroatoms. The number of nitrogens with two attached hydrogens (primary N) is 1. The first-order valence-electron chi connectivity index (χ1n) is 4.01. The summed E-state index contributed by atoms with van der Waals surface area (Å²) in [5.41, 5.74) is 6.38. The molecule has 3 N–H and O–H groups in total. The maximum Gasteiger partial charge on any atom is 0.0964 e. The van der Waals surface area contributed by atoms with E-state index in [2.05, 4.69) is 15.6 Å². The van der Waals surface area contributed by atoms with Crippen LogP contribution in [0.15, 0.2) is 6.20 Å². The summed E-state index contributed by atoms with van der Waals surface area (Å²) in [7, 11) is 1.85. The second-order valence-corrected chi connectivity index (χ2v) is 2.90. The Labute approximate surface area is 71.9 Å². The molecule has 5 nitrogen and oxygen atoms in total. The monoisotopic (exact) mass is 169 g/mol. The van der Waals surface area contributed by atoms with Crippen molar-refractivity contribution in [3.8, 4) is 0 Å². The predicted octanol–water partition coefficient (Wildman–Crippen LogP) is -0.748. The van der Waals surface area contributed by atoms with Crippen LogP contribution in [0.25, 0.3) is 0 Å². The molecule has 0 aliphatic rings. The van der Waals surface area contributed by atoms with Crippen LogP contribution in [-0.2, 0) is 13.6 Å². The molecule has 1 aromatic heterocycles. The molecule has 0 amide bonds. The Morgan fingerprint density at radius 3 is 3.00 bits per heavy atom. The van der Waals surface area contributed by atoms with Crippen LogP contribution in [0.3, 0.4) is 0 Å². The summed E-state index contributed by atoms with van der Waals surface area (Å²) in [5, 5.41) is 11.0. The van der Waals surface area contributed by atoms with E-state index >= 15 is 0 Å². The lowest BCUT2D eigenvalue weighted by Crippen LogP contribution is -2.32. The molecule has 1 heterocycles. The Hall–Kier alpha value is -0.940. The number of aromatic nitrogens is 3. The molecule has 0 saturated heterocycles. The quantitative estimate of drug-likeness (QED) is 0.622. The first-order valence-corrected chi connectivity index (χ1v) is 4.01. The summed E-state index contributed by atoms with van der Waals surface area (Å²) in [6.07, 6.45) is 1.89. The lowest BCUT2D eigenvalue weighted by atomic mass is 10.3. The van der Waals surface area contributed by atoms with E-state index in [0.29, 0.717) is 12.6 Å². The molecular formula is C7H15N5. The van der Waals surface area contributed by atoms with Gasteiger partial charge in [0.2, 0.25) is 0 Å². The predicted molar refractivity (Wildman–Crippen MR) is 46.4 cm³/mol. The van der Waals surface area contributed by atoms with E-state index in [9.17, 15) is 0 Å². The molecular weight excluding hydrogens is 154 g/mol. The average molecular weight is 169 g/mol. The highest BCUT2D eigenvalue weighted by molar-refractivity contribution is 4.91. The number of hydrogen-bond acceptors (Lipinski definition) is 4. The van der Waals surface area contributed by atoms with E-state index in [4.69, 9.17) is 5.73 Å². The van der Waals surface area contributed by atoms with Gasteiger partial charge < -0.3 is 11.1 Å². The highest BCUT2D eigenvalue weighted by Gasteiger charge is 2.00. The van der Waals surface area contributed by atoms with E-state index in [1.807, 2.05) is 20.2 Å². The number of hydrogen-bond donors (Lipinski definition) is 2. The van der Waals surface area contributed by atoms with Crippen molar-refractivity contribution in [3.63, 3.8) is 0 Å². The van der Waals surface area contributed by atoms with E-state index < -0.39 is 0 Å². The molecule has 0 radical (unpaired) electrons. The van der Waals surface area contributed by atoms with Gasteiger partial charge in [-0.15, -0.1) is 5.10 Å². The average Bonchev–Trinajstić information content (AvgIpc) is 2.47. The molecule has 1 aromatic rings. The molecule has 0 aliphatic heterocycles. The summed E-state index contributed by atoms with van der Waals surface area (Å²) in [5.74, 6) is 0. The van der Waals surface area contributed by atoms with Crippen LogP contribution in [0.2, 0.25) is 0 Å². The lowest BCUT2D eigenvalue weighted by Gasteiger charge is -2.08. The molecule has 1 unspecified atom stereocenters. The van der Waals surface area contributed by atoms with Crippen molar-refractivity contribution in [1.29, 1.82) is 0 Å².